The minimum Gasteiger partial charge on any atom is -0.479 e. The van der Waals surface area contributed by atoms with E-state index in [2.05, 4.69) is 5.32 Å². The highest BCUT2D eigenvalue weighted by Crippen LogP contribution is 2.20. The molecule has 6 nitrogen and oxygen atoms in total. The van der Waals surface area contributed by atoms with Crippen LogP contribution in [0.3, 0.4) is 0 Å². The number of hydrogen-bond donors (Lipinski definition) is 2. The maximum atomic E-state index is 12.2. The molecular formula is C13H18N2O4. The first-order valence-electron chi connectivity index (χ1n) is 6.38. The summed E-state index contributed by atoms with van der Waals surface area (Å²) in [6.07, 6.45) is 3.02. The normalized spacial score (nSPS) is 22.4. The van der Waals surface area contributed by atoms with Gasteiger partial charge in [0.25, 0.3) is 5.91 Å². The second kappa shape index (κ2) is 5.44. The van der Waals surface area contributed by atoms with E-state index in [0.717, 1.165) is 13.0 Å². The summed E-state index contributed by atoms with van der Waals surface area (Å²) in [6, 6.07) is 3.47. The Labute approximate surface area is 111 Å². The van der Waals surface area contributed by atoms with Gasteiger partial charge in [-0.15, -0.1) is 0 Å². The molecule has 2 rings (SSSR count). The van der Waals surface area contributed by atoms with Gasteiger partial charge in [0.05, 0.1) is 6.61 Å². The van der Waals surface area contributed by atoms with Crippen LogP contribution in [-0.4, -0.2) is 40.3 Å². The lowest BCUT2D eigenvalue weighted by Gasteiger charge is -2.24. The van der Waals surface area contributed by atoms with Crippen molar-refractivity contribution in [3.05, 3.63) is 24.0 Å². The predicted octanol–water partition coefficient (Wildman–Crippen LogP) is 0.872. The molecule has 2 N–H and O–H groups in total. The molecule has 1 aliphatic heterocycles. The Morgan fingerprint density at radius 3 is 2.95 bits per heavy atom. The Kier molecular flexibility index (Phi) is 3.90. The minimum absolute atomic E-state index is 0.0164. The van der Waals surface area contributed by atoms with Crippen LogP contribution in [0.15, 0.2) is 18.3 Å². The zero-order valence-corrected chi connectivity index (χ0v) is 10.9. The molecule has 2 heterocycles. The van der Waals surface area contributed by atoms with E-state index in [9.17, 15) is 14.7 Å². The summed E-state index contributed by atoms with van der Waals surface area (Å²) in [6.45, 7) is 3.11. The number of aliphatic carboxylic acids is 1. The van der Waals surface area contributed by atoms with E-state index >= 15 is 0 Å². The molecule has 0 bridgehead atoms. The number of aromatic nitrogens is 1. The molecular weight excluding hydrogens is 248 g/mol. The Bertz CT molecular complexity index is 475. The number of carboxylic acid groups (broad SMARTS) is 1. The lowest BCUT2D eigenvalue weighted by atomic mass is 9.99. The van der Waals surface area contributed by atoms with Gasteiger partial charge >= 0.3 is 5.97 Å². The van der Waals surface area contributed by atoms with Crippen molar-refractivity contribution >= 4 is 11.9 Å². The number of carbonyl (C=O) groups excluding carboxylic acids is 1. The molecule has 104 valence electrons. The molecule has 19 heavy (non-hydrogen) atoms. The third kappa shape index (κ3) is 2.63. The van der Waals surface area contributed by atoms with Crippen molar-refractivity contribution in [2.75, 3.05) is 13.2 Å². The summed E-state index contributed by atoms with van der Waals surface area (Å²) >= 11 is 0. The third-order valence-electron chi connectivity index (χ3n) is 3.31. The second-order valence-corrected chi connectivity index (χ2v) is 4.73. The average Bonchev–Trinajstić information content (AvgIpc) is 2.99. The van der Waals surface area contributed by atoms with E-state index in [1.54, 1.807) is 12.1 Å². The maximum Gasteiger partial charge on any atom is 0.331 e. The number of nitrogens with one attached hydrogen (secondary N) is 1. The number of rotatable bonds is 5. The van der Waals surface area contributed by atoms with Crippen LogP contribution < -0.4 is 5.32 Å². The van der Waals surface area contributed by atoms with Gasteiger partial charge in [0.15, 0.2) is 5.54 Å². The Hall–Kier alpha value is -1.82. The van der Waals surface area contributed by atoms with Gasteiger partial charge in [0.1, 0.15) is 5.69 Å². The number of amides is 1. The van der Waals surface area contributed by atoms with Crippen LogP contribution in [0.1, 0.15) is 30.3 Å². The van der Waals surface area contributed by atoms with Crippen LogP contribution in [0.25, 0.3) is 0 Å². The van der Waals surface area contributed by atoms with Crippen molar-refractivity contribution in [3.63, 3.8) is 0 Å². The lowest BCUT2D eigenvalue weighted by molar-refractivity contribution is -0.144. The fraction of sp³-hybridized carbons (Fsp3) is 0.538. The Balaban J connectivity index is 2.15. The van der Waals surface area contributed by atoms with Crippen LogP contribution in [0.2, 0.25) is 0 Å². The fourth-order valence-electron chi connectivity index (χ4n) is 2.22. The number of aryl methyl sites for hydroxylation is 1. The SMILES string of the molecule is CCCn1cccc1C(=O)NC1(C(=O)O)CCOC1. The zero-order valence-electron chi connectivity index (χ0n) is 10.9. The molecule has 0 aromatic carbocycles. The number of carboxylic acids is 1. The maximum absolute atomic E-state index is 12.2. The van der Waals surface area contributed by atoms with Crippen molar-refractivity contribution in [3.8, 4) is 0 Å². The van der Waals surface area contributed by atoms with E-state index in [1.807, 2.05) is 17.7 Å². The summed E-state index contributed by atoms with van der Waals surface area (Å²) in [5, 5.41) is 11.9. The number of hydrogen-bond acceptors (Lipinski definition) is 3. The molecule has 6 heteroatoms. The smallest absolute Gasteiger partial charge is 0.331 e. The molecule has 1 saturated heterocycles. The van der Waals surface area contributed by atoms with Crippen LogP contribution >= 0.6 is 0 Å². The highest BCUT2D eigenvalue weighted by Gasteiger charge is 2.44. The summed E-state index contributed by atoms with van der Waals surface area (Å²) < 4.78 is 6.94. The third-order valence-corrected chi connectivity index (χ3v) is 3.31. The summed E-state index contributed by atoms with van der Waals surface area (Å²) in [5.41, 5.74) is -0.812. The van der Waals surface area contributed by atoms with Gasteiger partial charge in [-0.25, -0.2) is 4.79 Å². The second-order valence-electron chi connectivity index (χ2n) is 4.73. The zero-order chi connectivity index (χ0) is 13.9. The largest absolute Gasteiger partial charge is 0.479 e. The van der Waals surface area contributed by atoms with Crippen LogP contribution in [0.5, 0.6) is 0 Å². The van der Waals surface area contributed by atoms with Crippen molar-refractivity contribution in [2.24, 2.45) is 0 Å². The summed E-state index contributed by atoms with van der Waals surface area (Å²) in [5.74, 6) is -1.42. The molecule has 0 aliphatic carbocycles. The quantitative estimate of drug-likeness (QED) is 0.828. The number of carbonyl (C=O) groups is 2. The van der Waals surface area contributed by atoms with Gasteiger partial charge in [-0.2, -0.15) is 0 Å². The van der Waals surface area contributed by atoms with Crippen molar-refractivity contribution in [1.29, 1.82) is 0 Å². The summed E-state index contributed by atoms with van der Waals surface area (Å²) in [4.78, 5) is 23.6. The van der Waals surface area contributed by atoms with Gasteiger partial charge in [-0.05, 0) is 18.6 Å². The van der Waals surface area contributed by atoms with Gasteiger partial charge in [-0.1, -0.05) is 6.92 Å². The fourth-order valence-corrected chi connectivity index (χ4v) is 2.22. The molecule has 0 spiro atoms. The van der Waals surface area contributed by atoms with Gasteiger partial charge in [-0.3, -0.25) is 4.79 Å². The first-order valence-corrected chi connectivity index (χ1v) is 6.38. The van der Waals surface area contributed by atoms with Gasteiger partial charge in [0, 0.05) is 25.8 Å². The van der Waals surface area contributed by atoms with Gasteiger partial charge < -0.3 is 19.7 Å². The van der Waals surface area contributed by atoms with Gasteiger partial charge in [0.2, 0.25) is 0 Å². The van der Waals surface area contributed by atoms with Crippen LogP contribution in [-0.2, 0) is 16.1 Å². The van der Waals surface area contributed by atoms with Crippen molar-refractivity contribution < 1.29 is 19.4 Å². The first-order chi connectivity index (χ1) is 9.09. The highest BCUT2D eigenvalue weighted by atomic mass is 16.5. The van der Waals surface area contributed by atoms with E-state index in [0.29, 0.717) is 18.7 Å². The molecule has 1 aliphatic rings. The van der Waals surface area contributed by atoms with Crippen molar-refractivity contribution in [2.45, 2.75) is 31.8 Å². The van der Waals surface area contributed by atoms with E-state index in [-0.39, 0.29) is 12.5 Å². The molecule has 1 atom stereocenters. The predicted molar refractivity (Wildman–Crippen MR) is 68.0 cm³/mol. The van der Waals surface area contributed by atoms with E-state index in [4.69, 9.17) is 4.74 Å². The van der Waals surface area contributed by atoms with Crippen LogP contribution in [0, 0.1) is 0 Å². The minimum atomic E-state index is -1.29. The lowest BCUT2D eigenvalue weighted by Crippen LogP contribution is -2.55. The topological polar surface area (TPSA) is 80.6 Å². The number of nitrogens with zero attached hydrogens (tertiary/aromatic N) is 1. The Morgan fingerprint density at radius 2 is 2.37 bits per heavy atom. The Morgan fingerprint density at radius 1 is 1.58 bits per heavy atom. The first kappa shape index (κ1) is 13.6. The molecule has 1 fully saturated rings. The monoisotopic (exact) mass is 266 g/mol. The molecule has 1 unspecified atom stereocenters. The average molecular weight is 266 g/mol. The highest BCUT2D eigenvalue weighted by molar-refractivity contribution is 5.97. The summed E-state index contributed by atoms with van der Waals surface area (Å²) in [7, 11) is 0. The number of ether oxygens (including phenoxy) is 1. The van der Waals surface area contributed by atoms with E-state index in [1.165, 1.54) is 0 Å². The molecule has 0 saturated carbocycles. The molecule has 1 aromatic rings. The van der Waals surface area contributed by atoms with Crippen molar-refractivity contribution in [1.82, 2.24) is 9.88 Å². The standard InChI is InChI=1S/C13H18N2O4/c1-2-6-15-7-3-4-10(15)11(16)14-13(12(17)18)5-8-19-9-13/h3-4,7H,2,5-6,8-9H2,1H3,(H,14,16)(H,17,18). The molecule has 1 amide bonds. The molecule has 0 radical (unpaired) electrons. The van der Waals surface area contributed by atoms with E-state index < -0.39 is 11.5 Å². The molecule has 1 aromatic heterocycles. The van der Waals surface area contributed by atoms with Crippen LogP contribution in [0.4, 0.5) is 0 Å².